The molecule has 0 saturated carbocycles. The van der Waals surface area contributed by atoms with Gasteiger partial charge in [0, 0.05) is 5.75 Å². The van der Waals surface area contributed by atoms with Crippen LogP contribution in [0, 0.1) is 0 Å². The van der Waals surface area contributed by atoms with Gasteiger partial charge >= 0.3 is 5.97 Å². The summed E-state index contributed by atoms with van der Waals surface area (Å²) in [7, 11) is 0. The molecule has 0 spiro atoms. The first-order valence-corrected chi connectivity index (χ1v) is 2.79. The minimum Gasteiger partial charge on any atom is -0.480 e. The maximum atomic E-state index is 10.1. The Kier molecular flexibility index (Phi) is 2.66. The molecule has 3 N–H and O–H groups in total. The third kappa shape index (κ3) is 1.69. The standard InChI is InChI=1S/C4H7NO3S/c5-4(1-6,2-9)3(7)8/h1,9H,2,5H2,(H,7,8). The van der Waals surface area contributed by atoms with Crippen LogP contribution < -0.4 is 5.73 Å². The van der Waals surface area contributed by atoms with E-state index < -0.39 is 11.5 Å². The number of carboxylic acids is 1. The van der Waals surface area contributed by atoms with E-state index in [1.54, 1.807) is 0 Å². The first-order chi connectivity index (χ1) is 4.06. The Morgan fingerprint density at radius 1 is 1.89 bits per heavy atom. The molecule has 4 nitrogen and oxygen atoms in total. The van der Waals surface area contributed by atoms with Crippen molar-refractivity contribution in [3.05, 3.63) is 0 Å². The van der Waals surface area contributed by atoms with Crippen LogP contribution in [0.1, 0.15) is 0 Å². The lowest BCUT2D eigenvalue weighted by molar-refractivity contribution is -0.144. The van der Waals surface area contributed by atoms with E-state index in [1.165, 1.54) is 0 Å². The van der Waals surface area contributed by atoms with E-state index in [0.29, 0.717) is 0 Å². The van der Waals surface area contributed by atoms with Gasteiger partial charge in [-0.05, 0) is 0 Å². The van der Waals surface area contributed by atoms with Crippen molar-refractivity contribution >= 4 is 24.9 Å². The monoisotopic (exact) mass is 149 g/mol. The summed E-state index contributed by atoms with van der Waals surface area (Å²) in [5.74, 6) is -1.54. The van der Waals surface area contributed by atoms with Gasteiger partial charge < -0.3 is 15.6 Å². The molecule has 0 bridgehead atoms. The van der Waals surface area contributed by atoms with Crippen LogP contribution in [0.5, 0.6) is 0 Å². The number of aldehydes is 1. The Morgan fingerprint density at radius 2 is 2.33 bits per heavy atom. The van der Waals surface area contributed by atoms with E-state index >= 15 is 0 Å². The number of aliphatic carboxylic acids is 1. The smallest absolute Gasteiger partial charge is 0.332 e. The van der Waals surface area contributed by atoms with Crippen LogP contribution >= 0.6 is 12.6 Å². The summed E-state index contributed by atoms with van der Waals surface area (Å²) in [6.45, 7) is 0. The summed E-state index contributed by atoms with van der Waals surface area (Å²) < 4.78 is 0. The molecule has 5 heteroatoms. The Bertz CT molecular complexity index is 138. The molecule has 52 valence electrons. The maximum Gasteiger partial charge on any atom is 0.332 e. The number of nitrogens with two attached hydrogens (primary N) is 1. The molecule has 0 aromatic carbocycles. The van der Waals surface area contributed by atoms with Gasteiger partial charge in [-0.25, -0.2) is 4.79 Å². The SMILES string of the molecule is NC(C=O)(CS)C(=O)O. The normalized spacial score (nSPS) is 16.2. The van der Waals surface area contributed by atoms with Crippen LogP contribution in [-0.2, 0) is 9.59 Å². The number of hydrogen-bond donors (Lipinski definition) is 3. The number of thiol groups is 1. The number of rotatable bonds is 3. The van der Waals surface area contributed by atoms with Crippen molar-refractivity contribution < 1.29 is 14.7 Å². The van der Waals surface area contributed by atoms with Gasteiger partial charge in [-0.2, -0.15) is 12.6 Å². The molecule has 0 fully saturated rings. The quantitative estimate of drug-likeness (QED) is 0.270. The molecular weight excluding hydrogens is 142 g/mol. The Balaban J connectivity index is 4.27. The number of carboxylic acid groups (broad SMARTS) is 1. The summed E-state index contributed by atoms with van der Waals surface area (Å²) in [5.41, 5.74) is 3.18. The van der Waals surface area contributed by atoms with E-state index in [0.717, 1.165) is 0 Å². The molecular formula is C4H7NO3S. The zero-order valence-electron chi connectivity index (χ0n) is 4.57. The summed E-state index contributed by atoms with van der Waals surface area (Å²) in [6.07, 6.45) is 0.169. The second kappa shape index (κ2) is 2.84. The summed E-state index contributed by atoms with van der Waals surface area (Å²) >= 11 is 3.58. The Hall–Kier alpha value is -0.550. The zero-order chi connectivity index (χ0) is 7.49. The molecule has 0 saturated heterocycles. The van der Waals surface area contributed by atoms with Gasteiger partial charge in [0.1, 0.15) is 0 Å². The molecule has 9 heavy (non-hydrogen) atoms. The van der Waals surface area contributed by atoms with Crippen molar-refractivity contribution in [2.24, 2.45) is 5.73 Å². The Labute approximate surface area is 57.4 Å². The van der Waals surface area contributed by atoms with Crippen molar-refractivity contribution in [1.82, 2.24) is 0 Å². The minimum absolute atomic E-state index is 0.169. The average molecular weight is 149 g/mol. The van der Waals surface area contributed by atoms with Gasteiger partial charge in [0.15, 0.2) is 11.8 Å². The molecule has 0 aliphatic carbocycles. The topological polar surface area (TPSA) is 80.4 Å². The molecule has 0 rings (SSSR count). The minimum atomic E-state index is -1.82. The van der Waals surface area contributed by atoms with E-state index in [2.05, 4.69) is 12.6 Å². The van der Waals surface area contributed by atoms with E-state index in [-0.39, 0.29) is 12.0 Å². The molecule has 1 unspecified atom stereocenters. The van der Waals surface area contributed by atoms with Gasteiger partial charge in [-0.3, -0.25) is 0 Å². The molecule has 1 atom stereocenters. The highest BCUT2D eigenvalue weighted by Gasteiger charge is 2.31. The fourth-order valence-electron chi connectivity index (χ4n) is 0.155. The van der Waals surface area contributed by atoms with E-state index in [4.69, 9.17) is 10.8 Å². The van der Waals surface area contributed by atoms with Gasteiger partial charge in [0.25, 0.3) is 0 Å². The van der Waals surface area contributed by atoms with Gasteiger partial charge in [0.2, 0.25) is 0 Å². The van der Waals surface area contributed by atoms with Crippen LogP contribution in [-0.4, -0.2) is 28.7 Å². The second-order valence-corrected chi connectivity index (χ2v) is 1.94. The lowest BCUT2D eigenvalue weighted by Crippen LogP contribution is -2.51. The highest BCUT2D eigenvalue weighted by molar-refractivity contribution is 7.80. The molecule has 0 radical (unpaired) electrons. The number of carbonyl (C=O) groups excluding carboxylic acids is 1. The van der Waals surface area contributed by atoms with Crippen LogP contribution in [0.15, 0.2) is 0 Å². The zero-order valence-corrected chi connectivity index (χ0v) is 5.47. The Morgan fingerprint density at radius 3 is 2.33 bits per heavy atom. The maximum absolute atomic E-state index is 10.1. The second-order valence-electron chi connectivity index (χ2n) is 1.62. The van der Waals surface area contributed by atoms with E-state index in [9.17, 15) is 9.59 Å². The fraction of sp³-hybridized carbons (Fsp3) is 0.500. The van der Waals surface area contributed by atoms with Crippen molar-refractivity contribution in [3.63, 3.8) is 0 Å². The third-order valence-corrected chi connectivity index (χ3v) is 1.39. The van der Waals surface area contributed by atoms with Crippen LogP contribution in [0.3, 0.4) is 0 Å². The van der Waals surface area contributed by atoms with E-state index in [1.807, 2.05) is 0 Å². The van der Waals surface area contributed by atoms with Crippen molar-refractivity contribution in [2.75, 3.05) is 5.75 Å². The third-order valence-electron chi connectivity index (χ3n) is 0.870. The molecule has 0 heterocycles. The molecule has 0 aromatic heterocycles. The first-order valence-electron chi connectivity index (χ1n) is 2.16. The summed E-state index contributed by atoms with van der Waals surface area (Å²) in [4.78, 5) is 20.0. The predicted octanol–water partition coefficient (Wildman–Crippen LogP) is -1.10. The van der Waals surface area contributed by atoms with Crippen LogP contribution in [0.25, 0.3) is 0 Å². The van der Waals surface area contributed by atoms with Crippen molar-refractivity contribution in [2.45, 2.75) is 5.54 Å². The van der Waals surface area contributed by atoms with Crippen molar-refractivity contribution in [3.8, 4) is 0 Å². The highest BCUT2D eigenvalue weighted by atomic mass is 32.1. The molecule has 0 aliphatic heterocycles. The lowest BCUT2D eigenvalue weighted by atomic mass is 10.1. The average Bonchev–Trinajstić information content (AvgIpc) is 1.86. The number of carbonyl (C=O) groups is 2. The summed E-state index contributed by atoms with van der Waals surface area (Å²) in [5, 5.41) is 8.23. The van der Waals surface area contributed by atoms with Crippen molar-refractivity contribution in [1.29, 1.82) is 0 Å². The predicted molar refractivity (Wildman–Crippen MR) is 34.5 cm³/mol. The first kappa shape index (κ1) is 8.45. The van der Waals surface area contributed by atoms with Crippen LogP contribution in [0.2, 0.25) is 0 Å². The van der Waals surface area contributed by atoms with Crippen LogP contribution in [0.4, 0.5) is 0 Å². The lowest BCUT2D eigenvalue weighted by Gasteiger charge is -2.12. The van der Waals surface area contributed by atoms with Gasteiger partial charge in [-0.1, -0.05) is 0 Å². The summed E-state index contributed by atoms with van der Waals surface area (Å²) in [6, 6.07) is 0. The highest BCUT2D eigenvalue weighted by Crippen LogP contribution is 1.97. The van der Waals surface area contributed by atoms with Gasteiger partial charge in [-0.15, -0.1) is 0 Å². The number of hydrogen-bond acceptors (Lipinski definition) is 4. The molecule has 0 amide bonds. The van der Waals surface area contributed by atoms with Gasteiger partial charge in [0.05, 0.1) is 0 Å². The fourth-order valence-corrected chi connectivity index (χ4v) is 0.365. The largest absolute Gasteiger partial charge is 0.480 e. The molecule has 0 aliphatic rings. The molecule has 0 aromatic rings.